The predicted molar refractivity (Wildman–Crippen MR) is 166 cm³/mol. The molecule has 4 rings (SSSR count). The second kappa shape index (κ2) is 13.8. The van der Waals surface area contributed by atoms with E-state index in [2.05, 4.69) is 28.1 Å². The zero-order chi connectivity index (χ0) is 30.3. The Hall–Kier alpha value is -3.89. The second-order valence-electron chi connectivity index (χ2n) is 10.8. The van der Waals surface area contributed by atoms with Crippen LogP contribution < -0.4 is 25.0 Å². The molecule has 3 aromatic rings. The minimum absolute atomic E-state index is 0.203. The van der Waals surface area contributed by atoms with Crippen molar-refractivity contribution in [1.82, 2.24) is 16.0 Å². The lowest BCUT2D eigenvalue weighted by atomic mass is 10.0. The number of nitrogens with one attached hydrogen (secondary N) is 3. The zero-order valence-corrected chi connectivity index (χ0v) is 25.4. The van der Waals surface area contributed by atoms with Gasteiger partial charge in [-0.1, -0.05) is 42.5 Å². The smallest absolute Gasteiger partial charge is 0.251 e. The van der Waals surface area contributed by atoms with Gasteiger partial charge in [-0.3, -0.25) is 13.9 Å². The Morgan fingerprint density at radius 1 is 0.976 bits per heavy atom. The van der Waals surface area contributed by atoms with Gasteiger partial charge in [0.25, 0.3) is 11.8 Å². The second-order valence-corrected chi connectivity index (χ2v) is 12.9. The average Bonchev–Trinajstić information content (AvgIpc) is 3.43. The SMILES string of the molecule is COc1cccc(CC2CCC(CCNC(=O)c3cc(C(=O)NC(C)c4ccccc4)cc(N(C)S(C)(=O)=O)c3)N2)c1. The molecule has 3 atom stereocenters. The standard InChI is InChI=1S/C32H40N4O5S/c1-22(24-10-6-5-7-11-24)34-32(38)26-19-25(20-29(21-26)36(2)42(4,39)40)31(37)33-16-15-27-13-14-28(35-27)17-23-9-8-12-30(18-23)41-3/h5-12,18-22,27-28,35H,13-17H2,1-4H3,(H,33,37)(H,34,38). The molecule has 1 aliphatic rings. The molecule has 0 aromatic heterocycles. The summed E-state index contributed by atoms with van der Waals surface area (Å²) in [4.78, 5) is 26.4. The molecule has 224 valence electrons. The summed E-state index contributed by atoms with van der Waals surface area (Å²) in [5, 5.41) is 9.55. The first kappa shape index (κ1) is 31.1. The lowest BCUT2D eigenvalue weighted by molar-refractivity contribution is 0.0940. The summed E-state index contributed by atoms with van der Waals surface area (Å²) in [6.07, 6.45) is 4.81. The molecule has 2 amide bonds. The summed E-state index contributed by atoms with van der Waals surface area (Å²) in [7, 11) is -0.549. The largest absolute Gasteiger partial charge is 0.497 e. The summed E-state index contributed by atoms with van der Waals surface area (Å²) < 4.78 is 30.9. The van der Waals surface area contributed by atoms with E-state index in [1.807, 2.05) is 49.4 Å². The van der Waals surface area contributed by atoms with Gasteiger partial charge in [0.1, 0.15) is 5.75 Å². The Balaban J connectivity index is 1.39. The van der Waals surface area contributed by atoms with Gasteiger partial charge in [0.2, 0.25) is 10.0 Å². The van der Waals surface area contributed by atoms with Crippen molar-refractivity contribution in [2.24, 2.45) is 0 Å². The highest BCUT2D eigenvalue weighted by Crippen LogP contribution is 2.23. The molecule has 0 spiro atoms. The van der Waals surface area contributed by atoms with E-state index in [0.717, 1.165) is 47.6 Å². The van der Waals surface area contributed by atoms with Crippen LogP contribution in [0, 0.1) is 0 Å². The molecule has 0 saturated carbocycles. The van der Waals surface area contributed by atoms with Gasteiger partial charge in [0.15, 0.2) is 0 Å². The Kier molecular flexibility index (Phi) is 10.2. The summed E-state index contributed by atoms with van der Waals surface area (Å²) in [6, 6.07) is 22.4. The lowest BCUT2D eigenvalue weighted by Gasteiger charge is -2.20. The van der Waals surface area contributed by atoms with Gasteiger partial charge < -0.3 is 20.7 Å². The van der Waals surface area contributed by atoms with Crippen LogP contribution in [0.5, 0.6) is 5.75 Å². The van der Waals surface area contributed by atoms with E-state index in [1.165, 1.54) is 30.8 Å². The molecule has 10 heteroatoms. The molecule has 1 fully saturated rings. The molecule has 3 unspecified atom stereocenters. The number of nitrogens with zero attached hydrogens (tertiary/aromatic N) is 1. The summed E-state index contributed by atoms with van der Waals surface area (Å²) in [6.45, 7) is 2.31. The van der Waals surface area contributed by atoms with Crippen molar-refractivity contribution in [3.63, 3.8) is 0 Å². The fraction of sp³-hybridized carbons (Fsp3) is 0.375. The van der Waals surface area contributed by atoms with Crippen molar-refractivity contribution in [1.29, 1.82) is 0 Å². The summed E-state index contributed by atoms with van der Waals surface area (Å²) in [5.41, 5.74) is 2.81. The number of carbonyl (C=O) groups excluding carboxylic acids is 2. The van der Waals surface area contributed by atoms with Gasteiger partial charge in [0.05, 0.1) is 25.1 Å². The topological polar surface area (TPSA) is 117 Å². The zero-order valence-electron chi connectivity index (χ0n) is 24.6. The highest BCUT2D eigenvalue weighted by atomic mass is 32.2. The molecule has 3 aromatic carbocycles. The minimum Gasteiger partial charge on any atom is -0.497 e. The van der Waals surface area contributed by atoms with Crippen LogP contribution in [0.4, 0.5) is 5.69 Å². The molecule has 9 nitrogen and oxygen atoms in total. The highest BCUT2D eigenvalue weighted by molar-refractivity contribution is 7.92. The van der Waals surface area contributed by atoms with Crippen molar-refractivity contribution >= 4 is 27.5 Å². The van der Waals surface area contributed by atoms with Crippen LogP contribution in [0.2, 0.25) is 0 Å². The Morgan fingerprint density at radius 2 is 1.67 bits per heavy atom. The Morgan fingerprint density at radius 3 is 2.36 bits per heavy atom. The third-order valence-electron chi connectivity index (χ3n) is 7.68. The number of hydrogen-bond acceptors (Lipinski definition) is 6. The van der Waals surface area contributed by atoms with E-state index in [4.69, 9.17) is 4.74 Å². The van der Waals surface area contributed by atoms with Gasteiger partial charge in [0, 0.05) is 36.8 Å². The monoisotopic (exact) mass is 592 g/mol. The quantitative estimate of drug-likeness (QED) is 0.292. The van der Waals surface area contributed by atoms with Gasteiger partial charge in [-0.25, -0.2) is 8.42 Å². The van der Waals surface area contributed by atoms with E-state index in [1.54, 1.807) is 7.11 Å². The number of carbonyl (C=O) groups is 2. The van der Waals surface area contributed by atoms with Crippen molar-refractivity contribution in [2.75, 3.05) is 31.3 Å². The van der Waals surface area contributed by atoms with Crippen LogP contribution in [-0.4, -0.2) is 59.3 Å². The van der Waals surface area contributed by atoms with Crippen LogP contribution in [0.25, 0.3) is 0 Å². The molecule has 1 heterocycles. The third kappa shape index (κ3) is 8.33. The maximum Gasteiger partial charge on any atom is 0.251 e. The number of sulfonamides is 1. The summed E-state index contributed by atoms with van der Waals surface area (Å²) in [5.74, 6) is 0.0825. The average molecular weight is 593 g/mol. The predicted octanol–water partition coefficient (Wildman–Crippen LogP) is 4.07. The van der Waals surface area contributed by atoms with Crippen LogP contribution in [0.1, 0.15) is 64.1 Å². The molecule has 0 aliphatic carbocycles. The fourth-order valence-corrected chi connectivity index (χ4v) is 5.68. The first-order valence-corrected chi connectivity index (χ1v) is 16.0. The first-order chi connectivity index (χ1) is 20.0. The van der Waals surface area contributed by atoms with Crippen molar-refractivity contribution in [2.45, 2.75) is 50.7 Å². The van der Waals surface area contributed by atoms with E-state index in [9.17, 15) is 18.0 Å². The molecular weight excluding hydrogens is 552 g/mol. The van der Waals surface area contributed by atoms with E-state index >= 15 is 0 Å². The molecule has 1 saturated heterocycles. The maximum absolute atomic E-state index is 13.2. The third-order valence-corrected chi connectivity index (χ3v) is 8.89. The van der Waals surface area contributed by atoms with Gasteiger partial charge in [-0.15, -0.1) is 0 Å². The van der Waals surface area contributed by atoms with E-state index in [0.29, 0.717) is 12.6 Å². The van der Waals surface area contributed by atoms with Crippen molar-refractivity contribution in [3.05, 3.63) is 95.1 Å². The highest BCUT2D eigenvalue weighted by Gasteiger charge is 2.24. The normalized spacial score (nSPS) is 17.3. The van der Waals surface area contributed by atoms with Crippen LogP contribution in [0.3, 0.4) is 0 Å². The molecule has 1 aliphatic heterocycles. The van der Waals surface area contributed by atoms with Crippen molar-refractivity contribution < 1.29 is 22.7 Å². The van der Waals surface area contributed by atoms with Gasteiger partial charge >= 0.3 is 0 Å². The van der Waals surface area contributed by atoms with E-state index < -0.39 is 15.9 Å². The Bertz CT molecular complexity index is 1500. The number of anilines is 1. The maximum atomic E-state index is 13.2. The number of benzene rings is 3. The molecule has 3 N–H and O–H groups in total. The molecule has 42 heavy (non-hydrogen) atoms. The minimum atomic E-state index is -3.61. The van der Waals surface area contributed by atoms with Gasteiger partial charge in [-0.05, 0) is 74.1 Å². The molecular formula is C32H40N4O5S. The molecule has 0 radical (unpaired) electrons. The molecule has 0 bridgehead atoms. The lowest BCUT2D eigenvalue weighted by Crippen LogP contribution is -2.34. The van der Waals surface area contributed by atoms with Crippen LogP contribution in [0.15, 0.2) is 72.8 Å². The Labute approximate surface area is 248 Å². The fourth-order valence-electron chi connectivity index (χ4n) is 5.19. The summed E-state index contributed by atoms with van der Waals surface area (Å²) >= 11 is 0. The number of ether oxygens (including phenoxy) is 1. The number of methoxy groups -OCH3 is 1. The first-order valence-electron chi connectivity index (χ1n) is 14.2. The van der Waals surface area contributed by atoms with E-state index in [-0.39, 0.29) is 34.8 Å². The van der Waals surface area contributed by atoms with Crippen molar-refractivity contribution in [3.8, 4) is 5.75 Å². The number of hydrogen-bond donors (Lipinski definition) is 3. The van der Waals surface area contributed by atoms with Gasteiger partial charge in [-0.2, -0.15) is 0 Å². The van der Waals surface area contributed by atoms with Crippen LogP contribution >= 0.6 is 0 Å². The van der Waals surface area contributed by atoms with Crippen LogP contribution in [-0.2, 0) is 16.4 Å². The number of rotatable bonds is 12. The number of amides is 2.